The molecule has 1 heterocycles. The fraction of sp³-hybridized carbons (Fsp3) is 0.423. The van der Waals surface area contributed by atoms with Gasteiger partial charge in [-0.3, -0.25) is 0 Å². The smallest absolute Gasteiger partial charge is 0.123 e. The summed E-state index contributed by atoms with van der Waals surface area (Å²) in [7, 11) is 0. The topological polar surface area (TPSA) is 38.9 Å². The Morgan fingerprint density at radius 2 is 1.72 bits per heavy atom. The maximum absolute atomic E-state index is 5.75. The molecule has 4 rings (SSSR count). The Morgan fingerprint density at radius 3 is 2.55 bits per heavy atom. The molecule has 152 valence electrons. The summed E-state index contributed by atoms with van der Waals surface area (Å²) >= 11 is 1.79. The van der Waals surface area contributed by atoms with Crippen LogP contribution in [0.3, 0.4) is 0 Å². The van der Waals surface area contributed by atoms with Gasteiger partial charge in [0.25, 0.3) is 0 Å². The van der Waals surface area contributed by atoms with Gasteiger partial charge in [0.05, 0.1) is 5.69 Å². The van der Waals surface area contributed by atoms with Crippen molar-refractivity contribution in [3.8, 4) is 10.6 Å². The van der Waals surface area contributed by atoms with E-state index in [-0.39, 0.29) is 0 Å². The zero-order chi connectivity index (χ0) is 20.4. The Balaban J connectivity index is 1.60. The molecule has 2 nitrogen and oxygen atoms in total. The van der Waals surface area contributed by atoms with Crippen molar-refractivity contribution in [3.63, 3.8) is 0 Å². The minimum Gasteiger partial charge on any atom is -0.330 e. The van der Waals surface area contributed by atoms with Crippen molar-refractivity contribution in [2.75, 3.05) is 6.54 Å². The number of nitrogens with zero attached hydrogens (tertiary/aromatic N) is 1. The van der Waals surface area contributed by atoms with Crippen molar-refractivity contribution >= 4 is 11.3 Å². The highest BCUT2D eigenvalue weighted by Crippen LogP contribution is 2.33. The molecule has 3 heteroatoms. The highest BCUT2D eigenvalue weighted by Gasteiger charge is 2.16. The molecule has 0 radical (unpaired) electrons. The molecule has 29 heavy (non-hydrogen) atoms. The number of aryl methyl sites for hydroxylation is 3. The van der Waals surface area contributed by atoms with E-state index in [1.807, 2.05) is 0 Å². The highest BCUT2D eigenvalue weighted by molar-refractivity contribution is 7.13. The quantitative estimate of drug-likeness (QED) is 0.522. The molecule has 0 saturated heterocycles. The summed E-state index contributed by atoms with van der Waals surface area (Å²) in [5.41, 5.74) is 18.3. The predicted octanol–water partition coefficient (Wildman–Crippen LogP) is 6.10. The zero-order valence-corrected chi connectivity index (χ0v) is 18.8. The van der Waals surface area contributed by atoms with Crippen LogP contribution in [0.1, 0.15) is 63.9 Å². The van der Waals surface area contributed by atoms with Crippen LogP contribution in [-0.2, 0) is 25.7 Å². The van der Waals surface area contributed by atoms with Gasteiger partial charge in [-0.15, -0.1) is 11.3 Å². The Morgan fingerprint density at radius 1 is 0.966 bits per heavy atom. The average molecular weight is 405 g/mol. The minimum atomic E-state index is 0.704. The van der Waals surface area contributed by atoms with Crippen LogP contribution in [0, 0.1) is 20.8 Å². The average Bonchev–Trinajstić information content (AvgIpc) is 3.01. The number of hydrogen-bond donors (Lipinski definition) is 1. The van der Waals surface area contributed by atoms with E-state index in [2.05, 4.69) is 50.4 Å². The fourth-order valence-electron chi connectivity index (χ4n) is 4.68. The molecule has 0 aliphatic heterocycles. The summed E-state index contributed by atoms with van der Waals surface area (Å²) in [6.07, 6.45) is 8.31. The van der Waals surface area contributed by atoms with Gasteiger partial charge in [0.2, 0.25) is 0 Å². The molecular formula is C26H32N2S. The Bertz CT molecular complexity index is 1020. The molecule has 3 aromatic rings. The van der Waals surface area contributed by atoms with Crippen molar-refractivity contribution < 1.29 is 0 Å². The van der Waals surface area contributed by atoms with E-state index < -0.39 is 0 Å². The van der Waals surface area contributed by atoms with Crippen molar-refractivity contribution in [1.82, 2.24) is 4.98 Å². The van der Waals surface area contributed by atoms with Gasteiger partial charge in [0, 0.05) is 17.4 Å². The Kier molecular flexibility index (Phi) is 6.17. The van der Waals surface area contributed by atoms with Gasteiger partial charge in [-0.05, 0) is 98.4 Å². The first kappa shape index (κ1) is 20.3. The number of nitrogens with two attached hydrogens (primary N) is 1. The first-order valence-corrected chi connectivity index (χ1v) is 11.8. The highest BCUT2D eigenvalue weighted by atomic mass is 32.1. The van der Waals surface area contributed by atoms with Crippen LogP contribution in [0.2, 0.25) is 0 Å². The van der Waals surface area contributed by atoms with Crippen LogP contribution < -0.4 is 5.73 Å². The molecule has 0 spiro atoms. The van der Waals surface area contributed by atoms with Crippen LogP contribution in [0.25, 0.3) is 10.6 Å². The number of rotatable bonds is 5. The third kappa shape index (κ3) is 4.31. The van der Waals surface area contributed by atoms with Gasteiger partial charge < -0.3 is 5.73 Å². The van der Waals surface area contributed by atoms with Gasteiger partial charge >= 0.3 is 0 Å². The number of fused-ring (bicyclic) bond motifs is 1. The van der Waals surface area contributed by atoms with E-state index in [1.165, 1.54) is 76.2 Å². The standard InChI is InChI=1S/C26H32N2S/c1-17-14-22(18(2)13-21(17)11-12-27)15-23-16-29-26(28-23)25-10-9-20-7-5-4-6-8-24(20)19(25)3/h9-10,13-14,16H,4-8,11-12,15,27H2,1-3H3. The van der Waals surface area contributed by atoms with Gasteiger partial charge in [-0.25, -0.2) is 4.98 Å². The minimum absolute atomic E-state index is 0.704. The summed E-state index contributed by atoms with van der Waals surface area (Å²) in [4.78, 5) is 5.04. The van der Waals surface area contributed by atoms with E-state index in [0.29, 0.717) is 6.54 Å². The monoisotopic (exact) mass is 404 g/mol. The summed E-state index contributed by atoms with van der Waals surface area (Å²) in [6, 6.07) is 9.29. The molecule has 0 bridgehead atoms. The molecule has 0 fully saturated rings. The second kappa shape index (κ2) is 8.81. The van der Waals surface area contributed by atoms with E-state index >= 15 is 0 Å². The van der Waals surface area contributed by atoms with Crippen LogP contribution >= 0.6 is 11.3 Å². The molecule has 1 aliphatic carbocycles. The summed E-state index contributed by atoms with van der Waals surface area (Å²) in [5.74, 6) is 0. The maximum Gasteiger partial charge on any atom is 0.123 e. The van der Waals surface area contributed by atoms with Gasteiger partial charge in [-0.1, -0.05) is 30.7 Å². The molecule has 0 saturated carbocycles. The lowest BCUT2D eigenvalue weighted by Gasteiger charge is -2.13. The molecule has 1 aliphatic rings. The largest absolute Gasteiger partial charge is 0.330 e. The molecule has 0 unspecified atom stereocenters. The molecule has 2 aromatic carbocycles. The first-order chi connectivity index (χ1) is 14.1. The maximum atomic E-state index is 5.75. The van der Waals surface area contributed by atoms with Crippen molar-refractivity contribution in [2.24, 2.45) is 5.73 Å². The second-order valence-electron chi connectivity index (χ2n) is 8.50. The van der Waals surface area contributed by atoms with Gasteiger partial charge in [0.15, 0.2) is 0 Å². The van der Waals surface area contributed by atoms with E-state index in [4.69, 9.17) is 10.7 Å². The molecule has 0 amide bonds. The van der Waals surface area contributed by atoms with Crippen molar-refractivity contribution in [2.45, 2.75) is 65.7 Å². The Hall–Kier alpha value is -1.97. The molecule has 1 aromatic heterocycles. The van der Waals surface area contributed by atoms with Crippen LogP contribution in [-0.4, -0.2) is 11.5 Å². The summed E-state index contributed by atoms with van der Waals surface area (Å²) < 4.78 is 0. The van der Waals surface area contributed by atoms with Crippen molar-refractivity contribution in [1.29, 1.82) is 0 Å². The number of aromatic nitrogens is 1. The van der Waals surface area contributed by atoms with Crippen LogP contribution in [0.5, 0.6) is 0 Å². The first-order valence-electron chi connectivity index (χ1n) is 10.9. The Labute approximate surface area is 179 Å². The second-order valence-corrected chi connectivity index (χ2v) is 9.36. The number of hydrogen-bond acceptors (Lipinski definition) is 3. The molecule has 2 N–H and O–H groups in total. The lowest BCUT2D eigenvalue weighted by atomic mass is 9.94. The lowest BCUT2D eigenvalue weighted by molar-refractivity contribution is 0.711. The number of thiazole rings is 1. The van der Waals surface area contributed by atoms with Gasteiger partial charge in [-0.2, -0.15) is 0 Å². The van der Waals surface area contributed by atoms with E-state index in [9.17, 15) is 0 Å². The summed E-state index contributed by atoms with van der Waals surface area (Å²) in [5, 5.41) is 3.40. The van der Waals surface area contributed by atoms with Crippen LogP contribution in [0.15, 0.2) is 29.6 Å². The van der Waals surface area contributed by atoms with Gasteiger partial charge in [0.1, 0.15) is 5.01 Å². The zero-order valence-electron chi connectivity index (χ0n) is 18.0. The normalized spacial score (nSPS) is 13.9. The van der Waals surface area contributed by atoms with E-state index in [1.54, 1.807) is 22.5 Å². The third-order valence-electron chi connectivity index (χ3n) is 6.43. The van der Waals surface area contributed by atoms with E-state index in [0.717, 1.165) is 12.8 Å². The SMILES string of the molecule is Cc1cc(Cc2csc(-c3ccc4c(c3C)CCCCC4)n2)c(C)cc1CCN. The molecular weight excluding hydrogens is 372 g/mol. The number of benzene rings is 2. The summed E-state index contributed by atoms with van der Waals surface area (Å²) in [6.45, 7) is 7.40. The lowest BCUT2D eigenvalue weighted by Crippen LogP contribution is -2.05. The predicted molar refractivity (Wildman–Crippen MR) is 125 cm³/mol. The van der Waals surface area contributed by atoms with Crippen LogP contribution in [0.4, 0.5) is 0 Å². The third-order valence-corrected chi connectivity index (χ3v) is 7.35. The fourth-order valence-corrected chi connectivity index (χ4v) is 5.58. The molecule has 0 atom stereocenters. The van der Waals surface area contributed by atoms with Crippen molar-refractivity contribution in [3.05, 3.63) is 74.3 Å².